The van der Waals surface area contributed by atoms with Crippen molar-refractivity contribution in [3.8, 4) is 6.07 Å². The molecule has 2 N–H and O–H groups in total. The van der Waals surface area contributed by atoms with Crippen molar-refractivity contribution in [1.29, 1.82) is 5.26 Å². The van der Waals surface area contributed by atoms with Gasteiger partial charge in [-0.3, -0.25) is 0 Å². The van der Waals surface area contributed by atoms with Crippen LogP contribution in [0.2, 0.25) is 0 Å². The smallest absolute Gasteiger partial charge is 0.140 e. The predicted molar refractivity (Wildman–Crippen MR) is 55.6 cm³/mol. The quantitative estimate of drug-likeness (QED) is 0.762. The van der Waals surface area contributed by atoms with Gasteiger partial charge in [-0.2, -0.15) is 5.26 Å². The second-order valence-corrected chi connectivity index (χ2v) is 4.68. The molecule has 1 saturated carbocycles. The maximum absolute atomic E-state index is 13.1. The Morgan fingerprint density at radius 3 is 2.53 bits per heavy atom. The number of benzene rings is 1. The standard InChI is InChI=1S/C12H13FN2/c1-12(2)10(11(12)15)7-3-4-9(13)8(5-7)6-14/h3-5,10-11H,15H2,1-2H3/t10-,11-/m0/s1. The van der Waals surface area contributed by atoms with Crippen LogP contribution in [0.25, 0.3) is 0 Å². The lowest BCUT2D eigenvalue weighted by Crippen LogP contribution is -2.06. The Morgan fingerprint density at radius 1 is 1.47 bits per heavy atom. The number of rotatable bonds is 1. The summed E-state index contributed by atoms with van der Waals surface area (Å²) in [4.78, 5) is 0. The van der Waals surface area contributed by atoms with Crippen LogP contribution < -0.4 is 5.73 Å². The van der Waals surface area contributed by atoms with Crippen molar-refractivity contribution in [2.75, 3.05) is 0 Å². The van der Waals surface area contributed by atoms with Crippen LogP contribution in [0.1, 0.15) is 30.9 Å². The Labute approximate surface area is 88.5 Å². The summed E-state index contributed by atoms with van der Waals surface area (Å²) < 4.78 is 13.1. The van der Waals surface area contributed by atoms with Gasteiger partial charge in [0.15, 0.2) is 0 Å². The molecule has 0 amide bonds. The summed E-state index contributed by atoms with van der Waals surface area (Å²) in [6.07, 6.45) is 0. The van der Waals surface area contributed by atoms with Crippen LogP contribution in [-0.2, 0) is 0 Å². The van der Waals surface area contributed by atoms with Gasteiger partial charge in [-0.25, -0.2) is 4.39 Å². The first-order valence-corrected chi connectivity index (χ1v) is 4.93. The fourth-order valence-corrected chi connectivity index (χ4v) is 2.14. The number of nitriles is 1. The third-order valence-corrected chi connectivity index (χ3v) is 3.38. The lowest BCUT2D eigenvalue weighted by molar-refractivity contribution is 0.596. The Kier molecular flexibility index (Phi) is 2.06. The van der Waals surface area contributed by atoms with E-state index >= 15 is 0 Å². The summed E-state index contributed by atoms with van der Waals surface area (Å²) in [5, 5.41) is 8.72. The summed E-state index contributed by atoms with van der Waals surface area (Å²) in [6.45, 7) is 4.16. The van der Waals surface area contributed by atoms with Gasteiger partial charge in [0.1, 0.15) is 11.9 Å². The van der Waals surface area contributed by atoms with Crippen LogP contribution in [0, 0.1) is 22.6 Å². The van der Waals surface area contributed by atoms with E-state index in [1.54, 1.807) is 12.1 Å². The highest BCUT2D eigenvalue weighted by Gasteiger charge is 2.56. The molecule has 2 rings (SSSR count). The van der Waals surface area contributed by atoms with E-state index in [4.69, 9.17) is 11.0 Å². The second-order valence-electron chi connectivity index (χ2n) is 4.68. The zero-order valence-corrected chi connectivity index (χ0v) is 8.79. The van der Waals surface area contributed by atoms with Gasteiger partial charge in [-0.1, -0.05) is 19.9 Å². The molecule has 1 aliphatic rings. The first kappa shape index (κ1) is 10.1. The Morgan fingerprint density at radius 2 is 2.07 bits per heavy atom. The molecule has 1 fully saturated rings. The molecule has 0 spiro atoms. The van der Waals surface area contributed by atoms with Gasteiger partial charge in [0.05, 0.1) is 5.56 Å². The molecular weight excluding hydrogens is 191 g/mol. The van der Waals surface area contributed by atoms with E-state index in [1.165, 1.54) is 6.07 Å². The lowest BCUT2D eigenvalue weighted by Gasteiger charge is -2.03. The van der Waals surface area contributed by atoms with E-state index in [1.807, 2.05) is 6.07 Å². The summed E-state index contributed by atoms with van der Waals surface area (Å²) >= 11 is 0. The molecule has 78 valence electrons. The number of hydrogen-bond donors (Lipinski definition) is 1. The van der Waals surface area contributed by atoms with Gasteiger partial charge in [0.2, 0.25) is 0 Å². The van der Waals surface area contributed by atoms with Gasteiger partial charge in [-0.05, 0) is 23.1 Å². The highest BCUT2D eigenvalue weighted by Crippen LogP contribution is 2.57. The Hall–Kier alpha value is -1.40. The highest BCUT2D eigenvalue weighted by molar-refractivity contribution is 5.41. The second kappa shape index (κ2) is 3.04. The topological polar surface area (TPSA) is 49.8 Å². The number of hydrogen-bond acceptors (Lipinski definition) is 2. The first-order valence-electron chi connectivity index (χ1n) is 4.93. The fraction of sp³-hybridized carbons (Fsp3) is 0.417. The summed E-state index contributed by atoms with van der Waals surface area (Å²) in [5.41, 5.74) is 7.05. The average Bonchev–Trinajstić information content (AvgIpc) is 2.68. The molecule has 2 atom stereocenters. The van der Waals surface area contributed by atoms with Gasteiger partial charge in [-0.15, -0.1) is 0 Å². The van der Waals surface area contributed by atoms with Crippen molar-refractivity contribution in [2.24, 2.45) is 11.1 Å². The van der Waals surface area contributed by atoms with E-state index in [0.29, 0.717) is 0 Å². The van der Waals surface area contributed by atoms with Crippen molar-refractivity contribution in [3.63, 3.8) is 0 Å². The van der Waals surface area contributed by atoms with E-state index in [0.717, 1.165) is 5.56 Å². The molecule has 1 aromatic carbocycles. The highest BCUT2D eigenvalue weighted by atomic mass is 19.1. The molecule has 3 heteroatoms. The van der Waals surface area contributed by atoms with Crippen molar-refractivity contribution in [3.05, 3.63) is 35.1 Å². The molecule has 0 radical (unpaired) electrons. The van der Waals surface area contributed by atoms with Crippen LogP contribution in [0.5, 0.6) is 0 Å². The van der Waals surface area contributed by atoms with E-state index in [2.05, 4.69) is 13.8 Å². The van der Waals surface area contributed by atoms with Gasteiger partial charge < -0.3 is 5.73 Å². The van der Waals surface area contributed by atoms with Crippen LogP contribution in [0.3, 0.4) is 0 Å². The fourth-order valence-electron chi connectivity index (χ4n) is 2.14. The molecule has 15 heavy (non-hydrogen) atoms. The van der Waals surface area contributed by atoms with Crippen LogP contribution in [-0.4, -0.2) is 6.04 Å². The van der Waals surface area contributed by atoms with E-state index in [-0.39, 0.29) is 22.9 Å². The Bertz CT molecular complexity index is 445. The largest absolute Gasteiger partial charge is 0.327 e. The van der Waals surface area contributed by atoms with Crippen LogP contribution >= 0.6 is 0 Å². The molecule has 0 unspecified atom stereocenters. The van der Waals surface area contributed by atoms with Crippen molar-refractivity contribution in [1.82, 2.24) is 0 Å². The van der Waals surface area contributed by atoms with Crippen LogP contribution in [0.15, 0.2) is 18.2 Å². The first-order chi connectivity index (χ1) is 6.98. The maximum atomic E-state index is 13.1. The number of nitrogens with two attached hydrogens (primary N) is 1. The molecule has 0 aliphatic heterocycles. The number of halogens is 1. The molecule has 1 aliphatic carbocycles. The van der Waals surface area contributed by atoms with Crippen molar-refractivity contribution in [2.45, 2.75) is 25.8 Å². The molecular formula is C12H13FN2. The monoisotopic (exact) mass is 204 g/mol. The zero-order chi connectivity index (χ0) is 11.2. The molecule has 0 aromatic heterocycles. The number of nitrogens with zero attached hydrogens (tertiary/aromatic N) is 1. The molecule has 0 saturated heterocycles. The van der Waals surface area contributed by atoms with Crippen molar-refractivity contribution >= 4 is 0 Å². The van der Waals surface area contributed by atoms with Crippen LogP contribution in [0.4, 0.5) is 4.39 Å². The SMILES string of the molecule is CC1(C)[C@@H](N)[C@@H]1c1ccc(F)c(C#N)c1. The average molecular weight is 204 g/mol. The maximum Gasteiger partial charge on any atom is 0.140 e. The zero-order valence-electron chi connectivity index (χ0n) is 8.79. The third-order valence-electron chi connectivity index (χ3n) is 3.38. The predicted octanol–water partition coefficient (Wildman–Crippen LogP) is 2.15. The molecule has 2 nitrogen and oxygen atoms in total. The summed E-state index contributed by atoms with van der Waals surface area (Å²) in [6, 6.07) is 6.62. The molecule has 0 heterocycles. The van der Waals surface area contributed by atoms with E-state index < -0.39 is 5.82 Å². The van der Waals surface area contributed by atoms with Gasteiger partial charge in [0, 0.05) is 12.0 Å². The van der Waals surface area contributed by atoms with Crippen molar-refractivity contribution < 1.29 is 4.39 Å². The van der Waals surface area contributed by atoms with E-state index in [9.17, 15) is 4.39 Å². The lowest BCUT2D eigenvalue weighted by atomic mass is 10.0. The minimum Gasteiger partial charge on any atom is -0.327 e. The van der Waals surface area contributed by atoms with Gasteiger partial charge >= 0.3 is 0 Å². The minimum absolute atomic E-state index is 0.0601. The molecule has 0 bridgehead atoms. The molecule has 1 aromatic rings. The Balaban J connectivity index is 2.37. The normalized spacial score (nSPS) is 27.1. The minimum atomic E-state index is -0.465. The third kappa shape index (κ3) is 1.42. The van der Waals surface area contributed by atoms with Gasteiger partial charge in [0.25, 0.3) is 0 Å². The summed E-state index contributed by atoms with van der Waals surface area (Å²) in [7, 11) is 0. The summed E-state index contributed by atoms with van der Waals surface area (Å²) in [5.74, 6) is -0.224.